The van der Waals surface area contributed by atoms with Crippen LogP contribution in [0.3, 0.4) is 0 Å². The summed E-state index contributed by atoms with van der Waals surface area (Å²) < 4.78 is 6.35. The van der Waals surface area contributed by atoms with Crippen LogP contribution in [0.5, 0.6) is 0 Å². The first-order valence-corrected chi connectivity index (χ1v) is 9.04. The monoisotopic (exact) mass is 355 g/mol. The van der Waals surface area contributed by atoms with Crippen LogP contribution < -0.4 is 5.56 Å². The molecule has 0 N–H and O–H groups in total. The predicted octanol–water partition coefficient (Wildman–Crippen LogP) is 2.79. The first kappa shape index (κ1) is 16.0. The minimum absolute atomic E-state index is 0.242. The van der Waals surface area contributed by atoms with Crippen LogP contribution in [0.2, 0.25) is 0 Å². The Morgan fingerprint density at radius 2 is 2.24 bits per heavy atom. The molecule has 6 nitrogen and oxygen atoms in total. The van der Waals surface area contributed by atoms with E-state index in [0.717, 1.165) is 23.9 Å². The molecule has 2 aromatic heterocycles. The molecule has 4 rings (SSSR count). The van der Waals surface area contributed by atoms with Gasteiger partial charge in [-0.3, -0.25) is 4.79 Å². The molecule has 1 aliphatic carbocycles. The van der Waals surface area contributed by atoms with E-state index in [1.54, 1.807) is 24.3 Å². The van der Waals surface area contributed by atoms with Crippen molar-refractivity contribution < 1.29 is 9.53 Å². The van der Waals surface area contributed by atoms with Crippen LogP contribution in [0.25, 0.3) is 10.9 Å². The summed E-state index contributed by atoms with van der Waals surface area (Å²) in [6.45, 7) is 1.98. The van der Waals surface area contributed by atoms with E-state index in [1.165, 1.54) is 21.8 Å². The molecule has 0 unspecified atom stereocenters. The Hall–Kier alpha value is -2.54. The van der Waals surface area contributed by atoms with Crippen molar-refractivity contribution in [3.05, 3.63) is 56.0 Å². The summed E-state index contributed by atoms with van der Waals surface area (Å²) in [6.07, 6.45) is 3.18. The van der Waals surface area contributed by atoms with Gasteiger partial charge in [0.15, 0.2) is 6.73 Å². The van der Waals surface area contributed by atoms with E-state index < -0.39 is 5.97 Å². The highest BCUT2D eigenvalue weighted by atomic mass is 32.1. The Balaban J connectivity index is 1.51. The Morgan fingerprint density at radius 3 is 3.12 bits per heavy atom. The summed E-state index contributed by atoms with van der Waals surface area (Å²) in [5.74, 6) is 0.228. The van der Waals surface area contributed by atoms with Crippen LogP contribution in [0.1, 0.15) is 33.5 Å². The number of nitrogens with zero attached hydrogens (tertiary/aromatic N) is 3. The van der Waals surface area contributed by atoms with Crippen molar-refractivity contribution in [2.45, 2.75) is 32.9 Å². The number of carbonyl (C=O) groups is 1. The lowest BCUT2D eigenvalue weighted by Crippen LogP contribution is -2.26. The second-order valence-corrected chi connectivity index (χ2v) is 7.52. The van der Waals surface area contributed by atoms with Gasteiger partial charge in [0.1, 0.15) is 10.4 Å². The summed E-state index contributed by atoms with van der Waals surface area (Å²) in [4.78, 5) is 26.5. The molecule has 0 fully saturated rings. The van der Waals surface area contributed by atoms with Gasteiger partial charge in [0.2, 0.25) is 0 Å². The fraction of sp³-hybridized carbons (Fsp3) is 0.333. The van der Waals surface area contributed by atoms with Gasteiger partial charge < -0.3 is 4.74 Å². The third-order valence-electron chi connectivity index (χ3n) is 4.48. The van der Waals surface area contributed by atoms with Crippen LogP contribution in [-0.2, 0) is 24.3 Å². The van der Waals surface area contributed by atoms with Gasteiger partial charge in [0, 0.05) is 4.88 Å². The molecule has 128 valence electrons. The zero-order chi connectivity index (χ0) is 17.4. The van der Waals surface area contributed by atoms with E-state index in [9.17, 15) is 9.59 Å². The Morgan fingerprint density at radius 1 is 1.40 bits per heavy atom. The van der Waals surface area contributed by atoms with Crippen LogP contribution in [0.15, 0.2) is 35.1 Å². The molecule has 7 heteroatoms. The molecule has 1 aromatic carbocycles. The number of esters is 1. The van der Waals surface area contributed by atoms with Crippen molar-refractivity contribution in [3.8, 4) is 0 Å². The number of hydrogen-bond acceptors (Lipinski definition) is 6. The number of fused-ring (bicyclic) bond motifs is 2. The average Bonchev–Trinajstić information content (AvgIpc) is 3.04. The Bertz CT molecular complexity index is 1010. The number of rotatable bonds is 3. The highest BCUT2D eigenvalue weighted by molar-refractivity contribution is 7.14. The maximum atomic E-state index is 12.3. The predicted molar refractivity (Wildman–Crippen MR) is 94.7 cm³/mol. The number of benzene rings is 1. The largest absolute Gasteiger partial charge is 0.438 e. The first-order valence-electron chi connectivity index (χ1n) is 8.23. The van der Waals surface area contributed by atoms with Gasteiger partial charge in [0.05, 0.1) is 5.39 Å². The van der Waals surface area contributed by atoms with E-state index in [0.29, 0.717) is 21.7 Å². The molecule has 0 aliphatic heterocycles. The molecule has 0 amide bonds. The lowest BCUT2D eigenvalue weighted by atomic mass is 9.90. The Labute approximate surface area is 148 Å². The summed E-state index contributed by atoms with van der Waals surface area (Å²) >= 11 is 1.49. The molecule has 0 saturated carbocycles. The standard InChI is InChI=1S/C18H17N3O3S/c1-11-6-7-15-12(8-11)9-16(25-15)18(23)24-10-21-17(22)13-4-2-3-5-14(13)19-20-21/h2-5,9,11H,6-8,10H2,1H3/t11-/m1/s1. The van der Waals surface area contributed by atoms with Gasteiger partial charge in [0.25, 0.3) is 5.56 Å². The normalized spacial score (nSPS) is 16.6. The third-order valence-corrected chi connectivity index (χ3v) is 5.69. The highest BCUT2D eigenvalue weighted by Gasteiger charge is 2.21. The van der Waals surface area contributed by atoms with Crippen molar-refractivity contribution in [1.82, 2.24) is 15.0 Å². The number of carbonyl (C=O) groups excluding carboxylic acids is 1. The number of ether oxygens (including phenoxy) is 1. The molecular weight excluding hydrogens is 338 g/mol. The van der Waals surface area contributed by atoms with Crippen LogP contribution >= 0.6 is 11.3 Å². The summed E-state index contributed by atoms with van der Waals surface area (Å²) in [7, 11) is 0. The van der Waals surface area contributed by atoms with Crippen LogP contribution in [0.4, 0.5) is 0 Å². The van der Waals surface area contributed by atoms with Gasteiger partial charge in [-0.2, -0.15) is 4.68 Å². The van der Waals surface area contributed by atoms with Gasteiger partial charge in [-0.1, -0.05) is 24.3 Å². The minimum atomic E-state index is -0.422. The van der Waals surface area contributed by atoms with E-state index in [4.69, 9.17) is 4.74 Å². The summed E-state index contributed by atoms with van der Waals surface area (Å²) in [5.41, 5.74) is 1.45. The van der Waals surface area contributed by atoms with Crippen molar-refractivity contribution >= 4 is 28.2 Å². The molecule has 2 heterocycles. The maximum Gasteiger partial charge on any atom is 0.350 e. The van der Waals surface area contributed by atoms with Crippen molar-refractivity contribution in [2.75, 3.05) is 0 Å². The van der Waals surface area contributed by atoms with Gasteiger partial charge in [-0.15, -0.1) is 16.4 Å². The SMILES string of the molecule is C[C@@H]1CCc2sc(C(=O)OCn3nnc4ccccc4c3=O)cc2C1. The van der Waals surface area contributed by atoms with E-state index in [1.807, 2.05) is 6.07 Å². The minimum Gasteiger partial charge on any atom is -0.438 e. The topological polar surface area (TPSA) is 74.1 Å². The molecule has 0 spiro atoms. The quantitative estimate of drug-likeness (QED) is 0.676. The fourth-order valence-electron chi connectivity index (χ4n) is 3.11. The van der Waals surface area contributed by atoms with Crippen molar-refractivity contribution in [2.24, 2.45) is 5.92 Å². The molecule has 25 heavy (non-hydrogen) atoms. The number of hydrogen-bond donors (Lipinski definition) is 0. The summed E-state index contributed by atoms with van der Waals surface area (Å²) in [5, 5.41) is 8.26. The fourth-order valence-corrected chi connectivity index (χ4v) is 4.21. The first-order chi connectivity index (χ1) is 12.1. The molecule has 1 aliphatic rings. The maximum absolute atomic E-state index is 12.3. The van der Waals surface area contributed by atoms with E-state index in [2.05, 4.69) is 17.2 Å². The van der Waals surface area contributed by atoms with Crippen LogP contribution in [0, 0.1) is 5.92 Å². The molecule has 0 radical (unpaired) electrons. The van der Waals surface area contributed by atoms with Gasteiger partial charge in [-0.05, 0) is 48.9 Å². The highest BCUT2D eigenvalue weighted by Crippen LogP contribution is 2.32. The smallest absolute Gasteiger partial charge is 0.350 e. The second-order valence-electron chi connectivity index (χ2n) is 6.38. The molecule has 0 saturated heterocycles. The molecule has 3 aromatic rings. The van der Waals surface area contributed by atoms with Crippen molar-refractivity contribution in [1.29, 1.82) is 0 Å². The number of thiophene rings is 1. The zero-order valence-corrected chi connectivity index (χ0v) is 14.6. The lowest BCUT2D eigenvalue weighted by molar-refractivity contribution is 0.0342. The second kappa shape index (κ2) is 6.40. The summed E-state index contributed by atoms with van der Waals surface area (Å²) in [6, 6.07) is 8.88. The van der Waals surface area contributed by atoms with Crippen LogP contribution in [-0.4, -0.2) is 21.0 Å². The van der Waals surface area contributed by atoms with Gasteiger partial charge >= 0.3 is 5.97 Å². The molecule has 0 bridgehead atoms. The van der Waals surface area contributed by atoms with Gasteiger partial charge in [-0.25, -0.2) is 4.79 Å². The third kappa shape index (κ3) is 3.07. The van der Waals surface area contributed by atoms with Crippen molar-refractivity contribution in [3.63, 3.8) is 0 Å². The molecular formula is C18H17N3O3S. The number of aromatic nitrogens is 3. The van der Waals surface area contributed by atoms with E-state index >= 15 is 0 Å². The van der Waals surface area contributed by atoms with E-state index in [-0.39, 0.29) is 12.3 Å². The Kier molecular flexibility index (Phi) is 4.09. The zero-order valence-electron chi connectivity index (χ0n) is 13.8. The molecule has 1 atom stereocenters. The average molecular weight is 355 g/mol. The lowest BCUT2D eigenvalue weighted by Gasteiger charge is -2.16. The number of aryl methyl sites for hydroxylation is 1.